The van der Waals surface area contributed by atoms with Gasteiger partial charge in [-0.2, -0.15) is 0 Å². The number of rotatable bonds is 4. The molecule has 28 heavy (non-hydrogen) atoms. The first-order chi connectivity index (χ1) is 13.6. The minimum atomic E-state index is -0.688. The van der Waals surface area contributed by atoms with Gasteiger partial charge in [0.1, 0.15) is 12.2 Å². The van der Waals surface area contributed by atoms with Gasteiger partial charge in [-0.3, -0.25) is 14.3 Å². The maximum atomic E-state index is 12.7. The Hall–Kier alpha value is -3.49. The largest absolute Gasteiger partial charge is 0.442 e. The Bertz CT molecular complexity index is 1020. The molecule has 3 heterocycles. The molecule has 9 heteroatoms. The molecule has 0 N–H and O–H groups in total. The van der Waals surface area contributed by atoms with Crippen LogP contribution in [0.1, 0.15) is 5.56 Å². The third-order valence-electron chi connectivity index (χ3n) is 4.77. The second-order valence-corrected chi connectivity index (χ2v) is 6.66. The van der Waals surface area contributed by atoms with E-state index < -0.39 is 5.76 Å². The number of benzene rings is 1. The van der Waals surface area contributed by atoms with E-state index in [1.807, 2.05) is 6.07 Å². The van der Waals surface area contributed by atoms with E-state index in [4.69, 9.17) is 4.52 Å². The third-order valence-corrected chi connectivity index (χ3v) is 4.77. The van der Waals surface area contributed by atoms with Gasteiger partial charge in [-0.25, -0.2) is 14.3 Å². The van der Waals surface area contributed by atoms with Crippen molar-refractivity contribution in [2.75, 3.05) is 31.1 Å². The van der Waals surface area contributed by atoms with E-state index in [0.29, 0.717) is 18.8 Å². The van der Waals surface area contributed by atoms with Crippen molar-refractivity contribution in [3.63, 3.8) is 0 Å². The van der Waals surface area contributed by atoms with Crippen molar-refractivity contribution in [2.24, 2.45) is 0 Å². The van der Waals surface area contributed by atoms with Crippen LogP contribution in [0.15, 0.2) is 52.2 Å². The van der Waals surface area contributed by atoms with Crippen LogP contribution in [0.3, 0.4) is 0 Å². The fraction of sp³-hybridized carbons (Fsp3) is 0.316. The fourth-order valence-electron chi connectivity index (χ4n) is 3.28. The first-order valence-electron chi connectivity index (χ1n) is 9.04. The quantitative estimate of drug-likeness (QED) is 0.665. The van der Waals surface area contributed by atoms with Gasteiger partial charge in [0.25, 0.3) is 0 Å². The molecule has 0 unspecified atom stereocenters. The number of anilines is 1. The zero-order valence-electron chi connectivity index (χ0n) is 15.5. The molecule has 1 aromatic carbocycles. The number of nitrogens with zero attached hydrogens (tertiary/aromatic N) is 6. The highest BCUT2D eigenvalue weighted by Crippen LogP contribution is 2.18. The van der Waals surface area contributed by atoms with Gasteiger partial charge in [0.15, 0.2) is 0 Å². The van der Waals surface area contributed by atoms with Crippen LogP contribution < -0.4 is 10.7 Å². The summed E-state index contributed by atoms with van der Waals surface area (Å²) in [5.41, 5.74) is 2.75. The molecule has 0 spiro atoms. The molecule has 1 aliphatic rings. The Labute approximate surface area is 161 Å². The molecule has 2 aromatic heterocycles. The fourth-order valence-corrected chi connectivity index (χ4v) is 3.28. The van der Waals surface area contributed by atoms with Crippen LogP contribution >= 0.6 is 0 Å². The molecule has 0 saturated carbocycles. The molecule has 1 saturated heterocycles. The minimum Gasteiger partial charge on any atom is -0.368 e. The SMILES string of the molecule is Cc1cccc(N2CCN(C(=O)Cn3c(-c4cnccn4)noc3=O)CC2)c1. The zero-order valence-corrected chi connectivity index (χ0v) is 15.5. The lowest BCUT2D eigenvalue weighted by Gasteiger charge is -2.36. The number of piperazine rings is 1. The highest BCUT2D eigenvalue weighted by molar-refractivity contribution is 5.77. The number of carbonyl (C=O) groups is 1. The van der Waals surface area contributed by atoms with Crippen LogP contribution in [0.2, 0.25) is 0 Å². The summed E-state index contributed by atoms with van der Waals surface area (Å²) < 4.78 is 5.93. The second kappa shape index (κ2) is 7.63. The molecule has 3 aromatic rings. The van der Waals surface area contributed by atoms with E-state index in [0.717, 1.165) is 18.8 Å². The van der Waals surface area contributed by atoms with Gasteiger partial charge in [0.2, 0.25) is 11.7 Å². The van der Waals surface area contributed by atoms with Gasteiger partial charge in [0, 0.05) is 44.3 Å². The Morgan fingerprint density at radius 1 is 1.18 bits per heavy atom. The number of aromatic nitrogens is 4. The van der Waals surface area contributed by atoms with Crippen molar-refractivity contribution in [3.8, 4) is 11.5 Å². The molecule has 0 atom stereocenters. The number of hydrogen-bond acceptors (Lipinski definition) is 7. The Balaban J connectivity index is 1.43. The Morgan fingerprint density at radius 3 is 2.71 bits per heavy atom. The molecule has 9 nitrogen and oxygen atoms in total. The summed E-state index contributed by atoms with van der Waals surface area (Å²) in [7, 11) is 0. The normalized spacial score (nSPS) is 14.3. The standard InChI is InChI=1S/C19H20N6O3/c1-14-3-2-4-15(11-14)23-7-9-24(10-8-23)17(26)13-25-18(22-28-19(25)27)16-12-20-5-6-21-16/h2-6,11-12H,7-10,13H2,1H3. The van der Waals surface area contributed by atoms with E-state index in [1.165, 1.54) is 28.7 Å². The van der Waals surface area contributed by atoms with Crippen molar-refractivity contribution >= 4 is 11.6 Å². The molecule has 144 valence electrons. The second-order valence-electron chi connectivity index (χ2n) is 6.66. The van der Waals surface area contributed by atoms with Crippen LogP contribution in [-0.2, 0) is 11.3 Å². The van der Waals surface area contributed by atoms with Gasteiger partial charge < -0.3 is 9.80 Å². The lowest BCUT2D eigenvalue weighted by Crippen LogP contribution is -2.50. The van der Waals surface area contributed by atoms with Crippen molar-refractivity contribution < 1.29 is 9.32 Å². The summed E-state index contributed by atoms with van der Waals surface area (Å²) >= 11 is 0. The first-order valence-corrected chi connectivity index (χ1v) is 9.04. The van der Waals surface area contributed by atoms with E-state index in [-0.39, 0.29) is 18.3 Å². The predicted octanol–water partition coefficient (Wildman–Crippen LogP) is 0.951. The maximum absolute atomic E-state index is 12.7. The van der Waals surface area contributed by atoms with Crippen molar-refractivity contribution in [3.05, 3.63) is 59.0 Å². The minimum absolute atomic E-state index is 0.140. The molecule has 1 aliphatic heterocycles. The van der Waals surface area contributed by atoms with Crippen LogP contribution in [-0.4, -0.2) is 56.7 Å². The van der Waals surface area contributed by atoms with Crippen LogP contribution in [0.5, 0.6) is 0 Å². The van der Waals surface area contributed by atoms with Crippen LogP contribution in [0.4, 0.5) is 5.69 Å². The van der Waals surface area contributed by atoms with Gasteiger partial charge in [-0.1, -0.05) is 17.3 Å². The molecule has 1 amide bonds. The molecule has 0 radical (unpaired) electrons. The maximum Gasteiger partial charge on any atom is 0.442 e. The van der Waals surface area contributed by atoms with Gasteiger partial charge >= 0.3 is 5.76 Å². The summed E-state index contributed by atoms with van der Waals surface area (Å²) in [6, 6.07) is 8.32. The molecule has 0 aliphatic carbocycles. The van der Waals surface area contributed by atoms with Crippen molar-refractivity contribution in [2.45, 2.75) is 13.5 Å². The molecular formula is C19H20N6O3. The molecule has 0 bridgehead atoms. The van der Waals surface area contributed by atoms with Crippen LogP contribution in [0, 0.1) is 6.92 Å². The number of hydrogen-bond donors (Lipinski definition) is 0. The lowest BCUT2D eigenvalue weighted by atomic mass is 10.2. The molecule has 4 rings (SSSR count). The number of aryl methyl sites for hydroxylation is 1. The highest BCUT2D eigenvalue weighted by Gasteiger charge is 2.24. The van der Waals surface area contributed by atoms with E-state index in [9.17, 15) is 9.59 Å². The topological polar surface area (TPSA) is 97.4 Å². The summed E-state index contributed by atoms with van der Waals surface area (Å²) in [5, 5.41) is 3.74. The van der Waals surface area contributed by atoms with Crippen LogP contribution in [0.25, 0.3) is 11.5 Å². The van der Waals surface area contributed by atoms with E-state index in [1.54, 1.807) is 4.90 Å². The zero-order chi connectivity index (χ0) is 19.5. The van der Waals surface area contributed by atoms with Gasteiger partial charge in [-0.15, -0.1) is 0 Å². The summed E-state index contributed by atoms with van der Waals surface area (Å²) in [6.45, 7) is 4.59. The Kier molecular flexibility index (Phi) is 4.88. The average molecular weight is 380 g/mol. The average Bonchev–Trinajstić information content (AvgIpc) is 3.09. The smallest absolute Gasteiger partial charge is 0.368 e. The highest BCUT2D eigenvalue weighted by atomic mass is 16.5. The number of amides is 1. The summed E-state index contributed by atoms with van der Waals surface area (Å²) in [5.74, 6) is -0.642. The monoisotopic (exact) mass is 380 g/mol. The lowest BCUT2D eigenvalue weighted by molar-refractivity contribution is -0.132. The predicted molar refractivity (Wildman–Crippen MR) is 102 cm³/mol. The van der Waals surface area contributed by atoms with Crippen molar-refractivity contribution in [1.82, 2.24) is 24.6 Å². The molecular weight excluding hydrogens is 360 g/mol. The molecule has 1 fully saturated rings. The van der Waals surface area contributed by atoms with Gasteiger partial charge in [-0.05, 0) is 24.6 Å². The summed E-state index contributed by atoms with van der Waals surface area (Å²) in [4.78, 5) is 36.8. The third kappa shape index (κ3) is 3.64. The Morgan fingerprint density at radius 2 is 2.00 bits per heavy atom. The van der Waals surface area contributed by atoms with Gasteiger partial charge in [0.05, 0.1) is 6.20 Å². The van der Waals surface area contributed by atoms with Crippen molar-refractivity contribution in [1.29, 1.82) is 0 Å². The first kappa shape index (κ1) is 17.9. The van der Waals surface area contributed by atoms with E-state index >= 15 is 0 Å². The summed E-state index contributed by atoms with van der Waals surface area (Å²) in [6.07, 6.45) is 4.48. The number of carbonyl (C=O) groups excluding carboxylic acids is 1. The van der Waals surface area contributed by atoms with E-state index in [2.05, 4.69) is 45.1 Å².